The van der Waals surface area contributed by atoms with Gasteiger partial charge in [0.15, 0.2) is 5.43 Å². The quantitative estimate of drug-likeness (QED) is 0.499. The van der Waals surface area contributed by atoms with Crippen LogP contribution in [0.15, 0.2) is 77.6 Å². The highest BCUT2D eigenvalue weighted by Gasteiger charge is 2.12. The van der Waals surface area contributed by atoms with Crippen LogP contribution in [0.4, 0.5) is 0 Å². The monoisotopic (exact) mass is 299 g/mol. The van der Waals surface area contributed by atoms with Crippen molar-refractivity contribution in [2.75, 3.05) is 0 Å². The van der Waals surface area contributed by atoms with E-state index < -0.39 is 0 Å². The van der Waals surface area contributed by atoms with Gasteiger partial charge in [-0.2, -0.15) is 0 Å². The second-order valence-corrected chi connectivity index (χ2v) is 5.89. The van der Waals surface area contributed by atoms with Gasteiger partial charge in [0, 0.05) is 17.3 Å². The minimum Gasteiger partial charge on any atom is -0.336 e. The van der Waals surface area contributed by atoms with Crippen LogP contribution in [-0.4, -0.2) is 4.57 Å². The number of aryl methyl sites for hydroxylation is 1. The Bertz CT molecular complexity index is 1060. The van der Waals surface area contributed by atoms with Gasteiger partial charge in [-0.15, -0.1) is 0 Å². The molecule has 0 unspecified atom stereocenters. The molecule has 0 bridgehead atoms. The minimum absolute atomic E-state index is 0.114. The summed E-state index contributed by atoms with van der Waals surface area (Å²) in [6.07, 6.45) is 0. The van der Waals surface area contributed by atoms with E-state index >= 15 is 0 Å². The maximum absolute atomic E-state index is 12.8. The summed E-state index contributed by atoms with van der Waals surface area (Å²) in [7, 11) is 0. The number of pyridine rings is 1. The first-order valence-electron chi connectivity index (χ1n) is 7.80. The number of benzene rings is 3. The van der Waals surface area contributed by atoms with Crippen molar-refractivity contribution < 1.29 is 0 Å². The van der Waals surface area contributed by atoms with Crippen molar-refractivity contribution in [1.82, 2.24) is 4.57 Å². The lowest BCUT2D eigenvalue weighted by molar-refractivity contribution is 0.859. The van der Waals surface area contributed by atoms with Gasteiger partial charge in [0.2, 0.25) is 0 Å². The number of para-hydroxylation sites is 2. The Hall–Kier alpha value is -2.87. The first-order chi connectivity index (χ1) is 11.3. The van der Waals surface area contributed by atoms with Crippen LogP contribution < -0.4 is 5.43 Å². The molecule has 3 aromatic carbocycles. The molecule has 0 spiro atoms. The van der Waals surface area contributed by atoms with Gasteiger partial charge in [-0.05, 0) is 36.2 Å². The van der Waals surface area contributed by atoms with Gasteiger partial charge >= 0.3 is 0 Å². The molecule has 1 heterocycles. The van der Waals surface area contributed by atoms with E-state index in [0.29, 0.717) is 0 Å². The molecule has 0 saturated carbocycles. The van der Waals surface area contributed by atoms with Crippen molar-refractivity contribution in [3.63, 3.8) is 0 Å². The predicted octanol–water partition coefficient (Wildman–Crippen LogP) is 4.51. The summed E-state index contributed by atoms with van der Waals surface area (Å²) in [4.78, 5) is 12.8. The zero-order valence-electron chi connectivity index (χ0n) is 13.0. The van der Waals surface area contributed by atoms with Crippen molar-refractivity contribution in [2.45, 2.75) is 13.5 Å². The number of hydrogen-bond acceptors (Lipinski definition) is 1. The Balaban J connectivity index is 2.14. The molecule has 0 N–H and O–H groups in total. The smallest absolute Gasteiger partial charge is 0.197 e. The highest BCUT2D eigenvalue weighted by Crippen LogP contribution is 2.23. The lowest BCUT2D eigenvalue weighted by atomic mass is 10.1. The molecular formula is C21H17NO. The Morgan fingerprint density at radius 2 is 1.48 bits per heavy atom. The number of aromatic nitrogens is 1. The zero-order valence-corrected chi connectivity index (χ0v) is 13.0. The van der Waals surface area contributed by atoms with Crippen LogP contribution in [0.1, 0.15) is 11.1 Å². The van der Waals surface area contributed by atoms with Crippen LogP contribution in [0, 0.1) is 6.92 Å². The van der Waals surface area contributed by atoms with E-state index in [2.05, 4.69) is 41.8 Å². The molecule has 0 atom stereocenters. The normalized spacial score (nSPS) is 11.2. The van der Waals surface area contributed by atoms with E-state index in [1.54, 1.807) is 0 Å². The third-order valence-corrected chi connectivity index (χ3v) is 4.38. The number of hydrogen-bond donors (Lipinski definition) is 0. The predicted molar refractivity (Wildman–Crippen MR) is 96.0 cm³/mol. The highest BCUT2D eigenvalue weighted by atomic mass is 16.1. The summed E-state index contributed by atoms with van der Waals surface area (Å²) in [5.74, 6) is 0. The Kier molecular flexibility index (Phi) is 3.23. The summed E-state index contributed by atoms with van der Waals surface area (Å²) in [5, 5.41) is 1.57. The van der Waals surface area contributed by atoms with Crippen LogP contribution >= 0.6 is 0 Å². The van der Waals surface area contributed by atoms with E-state index in [0.717, 1.165) is 33.9 Å². The van der Waals surface area contributed by atoms with E-state index in [-0.39, 0.29) is 5.43 Å². The molecule has 0 aliphatic heterocycles. The van der Waals surface area contributed by atoms with Crippen molar-refractivity contribution in [3.8, 4) is 0 Å². The average molecular weight is 299 g/mol. The van der Waals surface area contributed by atoms with Crippen molar-refractivity contribution in [3.05, 3.63) is 94.1 Å². The zero-order chi connectivity index (χ0) is 15.8. The Morgan fingerprint density at radius 1 is 0.783 bits per heavy atom. The first kappa shape index (κ1) is 13.8. The summed E-state index contributed by atoms with van der Waals surface area (Å²) in [5.41, 5.74) is 4.49. The fourth-order valence-electron chi connectivity index (χ4n) is 3.30. The van der Waals surface area contributed by atoms with Gasteiger partial charge in [-0.25, -0.2) is 0 Å². The Morgan fingerprint density at radius 3 is 2.30 bits per heavy atom. The third-order valence-electron chi connectivity index (χ3n) is 4.38. The van der Waals surface area contributed by atoms with Crippen LogP contribution in [0.3, 0.4) is 0 Å². The standard InChI is InChI=1S/C21H17NO/c1-15-8-7-12-18-20(15)22(14-16-9-3-2-4-10-16)19-13-6-5-11-17(19)21(18)23/h2-13H,14H2,1H3. The highest BCUT2D eigenvalue weighted by molar-refractivity contribution is 5.94. The maximum atomic E-state index is 12.8. The molecule has 0 saturated heterocycles. The molecule has 4 rings (SSSR count). The van der Waals surface area contributed by atoms with Gasteiger partial charge in [-0.3, -0.25) is 4.79 Å². The lowest BCUT2D eigenvalue weighted by Gasteiger charge is -2.17. The number of rotatable bonds is 2. The van der Waals surface area contributed by atoms with E-state index in [1.807, 2.05) is 42.5 Å². The molecule has 0 amide bonds. The summed E-state index contributed by atoms with van der Waals surface area (Å²) < 4.78 is 2.26. The van der Waals surface area contributed by atoms with Gasteiger partial charge < -0.3 is 4.57 Å². The third kappa shape index (κ3) is 2.23. The fourth-order valence-corrected chi connectivity index (χ4v) is 3.30. The summed E-state index contributed by atoms with van der Waals surface area (Å²) in [6, 6.07) is 24.2. The second kappa shape index (κ2) is 5.40. The van der Waals surface area contributed by atoms with Gasteiger partial charge in [0.25, 0.3) is 0 Å². The molecule has 23 heavy (non-hydrogen) atoms. The number of fused-ring (bicyclic) bond motifs is 2. The molecule has 2 nitrogen and oxygen atoms in total. The molecule has 0 aliphatic carbocycles. The number of nitrogens with zero attached hydrogens (tertiary/aromatic N) is 1. The van der Waals surface area contributed by atoms with Gasteiger partial charge in [0.05, 0.1) is 11.0 Å². The Labute approximate surface area is 134 Å². The van der Waals surface area contributed by atoms with Crippen molar-refractivity contribution in [2.24, 2.45) is 0 Å². The first-order valence-corrected chi connectivity index (χ1v) is 7.80. The molecule has 112 valence electrons. The molecule has 0 radical (unpaired) electrons. The van der Waals surface area contributed by atoms with E-state index in [9.17, 15) is 4.79 Å². The molecule has 4 aromatic rings. The lowest BCUT2D eigenvalue weighted by Crippen LogP contribution is -2.13. The molecule has 2 heteroatoms. The maximum Gasteiger partial charge on any atom is 0.197 e. The van der Waals surface area contributed by atoms with Gasteiger partial charge in [-0.1, -0.05) is 54.6 Å². The van der Waals surface area contributed by atoms with Crippen molar-refractivity contribution >= 4 is 21.8 Å². The largest absolute Gasteiger partial charge is 0.336 e. The average Bonchev–Trinajstić information content (AvgIpc) is 2.60. The van der Waals surface area contributed by atoms with Crippen LogP contribution in [0.25, 0.3) is 21.8 Å². The van der Waals surface area contributed by atoms with Crippen LogP contribution in [-0.2, 0) is 6.54 Å². The molecule has 0 fully saturated rings. The minimum atomic E-state index is 0.114. The van der Waals surface area contributed by atoms with Gasteiger partial charge in [0.1, 0.15) is 0 Å². The summed E-state index contributed by atoms with van der Waals surface area (Å²) in [6.45, 7) is 2.82. The fraction of sp³-hybridized carbons (Fsp3) is 0.0952. The SMILES string of the molecule is Cc1cccc2c(=O)c3ccccc3n(Cc3ccccc3)c12. The van der Waals surface area contributed by atoms with Crippen molar-refractivity contribution in [1.29, 1.82) is 0 Å². The van der Waals surface area contributed by atoms with Crippen LogP contribution in [0.5, 0.6) is 0 Å². The van der Waals surface area contributed by atoms with E-state index in [4.69, 9.17) is 0 Å². The van der Waals surface area contributed by atoms with Crippen LogP contribution in [0.2, 0.25) is 0 Å². The second-order valence-electron chi connectivity index (χ2n) is 5.89. The topological polar surface area (TPSA) is 22.0 Å². The van der Waals surface area contributed by atoms with E-state index in [1.165, 1.54) is 5.56 Å². The molecular weight excluding hydrogens is 282 g/mol. The summed E-state index contributed by atoms with van der Waals surface area (Å²) >= 11 is 0. The molecule has 0 aliphatic rings. The molecule has 1 aromatic heterocycles.